The second-order valence-electron chi connectivity index (χ2n) is 2.78. The largest absolute Gasteiger partial charge is 0.495 e. The van der Waals surface area contributed by atoms with Gasteiger partial charge in [-0.05, 0) is 18.2 Å². The number of esters is 1. The Bertz CT molecular complexity index is 355. The number of methoxy groups -OCH3 is 1. The molecule has 15 heavy (non-hydrogen) atoms. The van der Waals surface area contributed by atoms with E-state index in [-0.39, 0.29) is 12.2 Å². The predicted molar refractivity (Wildman–Crippen MR) is 53.7 cm³/mol. The van der Waals surface area contributed by atoms with Gasteiger partial charge in [0.25, 0.3) is 0 Å². The number of hydrogen-bond acceptors (Lipinski definition) is 4. The topological polar surface area (TPSA) is 61.5 Å². The molecule has 0 amide bonds. The zero-order chi connectivity index (χ0) is 11.3. The average Bonchev–Trinajstić information content (AvgIpc) is 2.25. The van der Waals surface area contributed by atoms with Crippen molar-refractivity contribution < 1.29 is 18.7 Å². The van der Waals surface area contributed by atoms with Crippen molar-refractivity contribution in [2.75, 3.05) is 26.1 Å². The van der Waals surface area contributed by atoms with E-state index in [9.17, 15) is 9.18 Å². The maximum Gasteiger partial charge on any atom is 0.338 e. The summed E-state index contributed by atoms with van der Waals surface area (Å²) >= 11 is 0. The fourth-order valence-corrected chi connectivity index (χ4v) is 1.08. The first-order valence-corrected chi connectivity index (χ1v) is 4.35. The summed E-state index contributed by atoms with van der Waals surface area (Å²) in [7, 11) is 1.48. The van der Waals surface area contributed by atoms with E-state index in [1.807, 2.05) is 0 Å². The molecule has 2 N–H and O–H groups in total. The predicted octanol–water partition coefficient (Wildman–Crippen LogP) is 1.40. The second kappa shape index (κ2) is 5.19. The quantitative estimate of drug-likeness (QED) is 0.606. The van der Waals surface area contributed by atoms with Crippen LogP contribution < -0.4 is 10.5 Å². The third kappa shape index (κ3) is 2.83. The number of hydrogen-bond donors (Lipinski definition) is 1. The van der Waals surface area contributed by atoms with Crippen LogP contribution in [0, 0.1) is 0 Å². The lowest BCUT2D eigenvalue weighted by atomic mass is 10.2. The molecule has 1 rings (SSSR count). The molecule has 0 aliphatic carbocycles. The van der Waals surface area contributed by atoms with E-state index in [0.717, 1.165) is 0 Å². The van der Waals surface area contributed by atoms with Crippen LogP contribution in [0.5, 0.6) is 5.75 Å². The highest BCUT2D eigenvalue weighted by Crippen LogP contribution is 2.22. The van der Waals surface area contributed by atoms with Gasteiger partial charge in [-0.15, -0.1) is 0 Å². The molecule has 0 aliphatic heterocycles. The SMILES string of the molecule is COc1ccc(C(=O)OCCF)cc1N. The Kier molecular flexibility index (Phi) is 3.91. The highest BCUT2D eigenvalue weighted by molar-refractivity contribution is 5.91. The molecule has 0 heterocycles. The van der Waals surface area contributed by atoms with Gasteiger partial charge in [0.1, 0.15) is 19.0 Å². The summed E-state index contributed by atoms with van der Waals surface area (Å²) in [6.45, 7) is -0.942. The van der Waals surface area contributed by atoms with Gasteiger partial charge < -0.3 is 15.2 Å². The molecule has 0 aromatic heterocycles. The first-order chi connectivity index (χ1) is 7.19. The molecule has 0 spiro atoms. The van der Waals surface area contributed by atoms with Gasteiger partial charge in [0.15, 0.2) is 0 Å². The standard InChI is InChI=1S/C10H12FNO3/c1-14-9-3-2-7(6-8(9)12)10(13)15-5-4-11/h2-3,6H,4-5,12H2,1H3. The normalized spacial score (nSPS) is 9.73. The monoisotopic (exact) mass is 213 g/mol. The number of halogens is 1. The van der Waals surface area contributed by atoms with Crippen molar-refractivity contribution in [2.24, 2.45) is 0 Å². The zero-order valence-corrected chi connectivity index (χ0v) is 8.33. The van der Waals surface area contributed by atoms with Crippen LogP contribution >= 0.6 is 0 Å². The number of rotatable bonds is 4. The van der Waals surface area contributed by atoms with E-state index >= 15 is 0 Å². The molecule has 0 bridgehead atoms. The maximum atomic E-state index is 11.7. The van der Waals surface area contributed by atoms with Crippen molar-refractivity contribution in [1.29, 1.82) is 0 Å². The number of carbonyl (C=O) groups is 1. The van der Waals surface area contributed by atoms with Gasteiger partial charge in [-0.25, -0.2) is 9.18 Å². The summed E-state index contributed by atoms with van der Waals surface area (Å²) in [4.78, 5) is 11.3. The molecule has 5 heteroatoms. The number of anilines is 1. The molecule has 1 aromatic carbocycles. The average molecular weight is 213 g/mol. The van der Waals surface area contributed by atoms with Crippen molar-refractivity contribution >= 4 is 11.7 Å². The third-order valence-electron chi connectivity index (χ3n) is 1.78. The molecule has 0 fully saturated rings. The van der Waals surface area contributed by atoms with Crippen molar-refractivity contribution in [3.05, 3.63) is 23.8 Å². The van der Waals surface area contributed by atoms with Crippen molar-refractivity contribution in [3.63, 3.8) is 0 Å². The van der Waals surface area contributed by atoms with E-state index in [0.29, 0.717) is 11.4 Å². The van der Waals surface area contributed by atoms with E-state index < -0.39 is 12.6 Å². The van der Waals surface area contributed by atoms with Gasteiger partial charge in [0.05, 0.1) is 18.4 Å². The molecule has 0 unspecified atom stereocenters. The van der Waals surface area contributed by atoms with Gasteiger partial charge in [-0.1, -0.05) is 0 Å². The summed E-state index contributed by atoms with van der Waals surface area (Å²) < 4.78 is 21.3. The van der Waals surface area contributed by atoms with Crippen LogP contribution in [0.2, 0.25) is 0 Å². The van der Waals surface area contributed by atoms with Crippen LogP contribution in [0.4, 0.5) is 10.1 Å². The molecule has 1 aromatic rings. The minimum absolute atomic E-state index is 0.245. The Balaban J connectivity index is 2.78. The second-order valence-corrected chi connectivity index (χ2v) is 2.78. The van der Waals surface area contributed by atoms with Crippen LogP contribution in [-0.4, -0.2) is 26.4 Å². The summed E-state index contributed by atoms with van der Waals surface area (Å²) in [6.07, 6.45) is 0. The minimum Gasteiger partial charge on any atom is -0.495 e. The lowest BCUT2D eigenvalue weighted by Gasteiger charge is -2.06. The Morgan fingerprint density at radius 2 is 2.27 bits per heavy atom. The lowest BCUT2D eigenvalue weighted by Crippen LogP contribution is -2.08. The number of benzene rings is 1. The molecule has 0 atom stereocenters. The van der Waals surface area contributed by atoms with E-state index in [1.165, 1.54) is 19.2 Å². The first kappa shape index (κ1) is 11.3. The summed E-state index contributed by atoms with van der Waals surface area (Å²) in [5.41, 5.74) is 6.21. The van der Waals surface area contributed by atoms with Crippen LogP contribution in [0.1, 0.15) is 10.4 Å². The van der Waals surface area contributed by atoms with Crippen LogP contribution in [0.25, 0.3) is 0 Å². The lowest BCUT2D eigenvalue weighted by molar-refractivity contribution is 0.0481. The molecular weight excluding hydrogens is 201 g/mol. The van der Waals surface area contributed by atoms with E-state index in [2.05, 4.69) is 4.74 Å². The van der Waals surface area contributed by atoms with Crippen molar-refractivity contribution in [1.82, 2.24) is 0 Å². The molecule has 0 radical (unpaired) electrons. The number of nitrogen functional groups attached to an aromatic ring is 1. The van der Waals surface area contributed by atoms with Gasteiger partial charge in [-0.3, -0.25) is 0 Å². The maximum absolute atomic E-state index is 11.7. The molecule has 0 saturated carbocycles. The molecule has 0 aliphatic rings. The number of ether oxygens (including phenoxy) is 2. The fourth-order valence-electron chi connectivity index (χ4n) is 1.08. The summed E-state index contributed by atoms with van der Waals surface area (Å²) in [5, 5.41) is 0. The van der Waals surface area contributed by atoms with Crippen LogP contribution in [0.15, 0.2) is 18.2 Å². The molecular formula is C10H12FNO3. The van der Waals surface area contributed by atoms with E-state index in [1.54, 1.807) is 6.07 Å². The molecule has 4 nitrogen and oxygen atoms in total. The van der Waals surface area contributed by atoms with Crippen molar-refractivity contribution in [3.8, 4) is 5.75 Å². The summed E-state index contributed by atoms with van der Waals surface area (Å²) in [6, 6.07) is 4.50. The Morgan fingerprint density at radius 3 is 2.80 bits per heavy atom. The Labute approximate surface area is 86.8 Å². The molecule has 0 saturated heterocycles. The summed E-state index contributed by atoms with van der Waals surface area (Å²) in [5.74, 6) is -0.112. The third-order valence-corrected chi connectivity index (χ3v) is 1.78. The number of alkyl halides is 1. The van der Waals surface area contributed by atoms with Gasteiger partial charge in [0.2, 0.25) is 0 Å². The van der Waals surface area contributed by atoms with Crippen LogP contribution in [-0.2, 0) is 4.74 Å². The zero-order valence-electron chi connectivity index (χ0n) is 8.33. The fraction of sp³-hybridized carbons (Fsp3) is 0.300. The minimum atomic E-state index is -0.697. The molecule has 82 valence electrons. The Morgan fingerprint density at radius 1 is 1.53 bits per heavy atom. The highest BCUT2D eigenvalue weighted by Gasteiger charge is 2.09. The van der Waals surface area contributed by atoms with Gasteiger partial charge in [0, 0.05) is 0 Å². The van der Waals surface area contributed by atoms with Gasteiger partial charge >= 0.3 is 5.97 Å². The van der Waals surface area contributed by atoms with Crippen molar-refractivity contribution in [2.45, 2.75) is 0 Å². The van der Waals surface area contributed by atoms with Crippen LogP contribution in [0.3, 0.4) is 0 Å². The highest BCUT2D eigenvalue weighted by atomic mass is 19.1. The number of carbonyl (C=O) groups excluding carboxylic acids is 1. The van der Waals surface area contributed by atoms with Gasteiger partial charge in [-0.2, -0.15) is 0 Å². The van der Waals surface area contributed by atoms with E-state index in [4.69, 9.17) is 10.5 Å². The Hall–Kier alpha value is -1.78. The number of nitrogens with two attached hydrogens (primary N) is 1. The first-order valence-electron chi connectivity index (χ1n) is 4.35. The smallest absolute Gasteiger partial charge is 0.338 e.